The number of thioether (sulfide) groups is 1. The molecule has 0 bridgehead atoms. The fraction of sp³-hybridized carbons (Fsp3) is 0.375. The van der Waals surface area contributed by atoms with Gasteiger partial charge in [-0.1, -0.05) is 41.9 Å². The van der Waals surface area contributed by atoms with Crippen LogP contribution in [0.25, 0.3) is 0 Å². The van der Waals surface area contributed by atoms with Crippen LogP contribution in [0, 0.1) is 11.3 Å². The number of rotatable bonds is 6. The molecule has 3 aromatic carbocycles. The van der Waals surface area contributed by atoms with E-state index in [4.69, 9.17) is 21.1 Å². The van der Waals surface area contributed by atoms with Gasteiger partial charge in [0.15, 0.2) is 0 Å². The van der Waals surface area contributed by atoms with Crippen molar-refractivity contribution >= 4 is 29.5 Å². The summed E-state index contributed by atoms with van der Waals surface area (Å²) in [6.45, 7) is 8.19. The molecule has 208 valence electrons. The van der Waals surface area contributed by atoms with E-state index in [2.05, 4.69) is 47.4 Å². The fourth-order valence-corrected chi connectivity index (χ4v) is 6.37. The predicted octanol–water partition coefficient (Wildman–Crippen LogP) is 7.10. The number of benzene rings is 3. The summed E-state index contributed by atoms with van der Waals surface area (Å²) in [5, 5.41) is 10.4. The Labute approximate surface area is 245 Å². The molecule has 0 N–H and O–H groups in total. The van der Waals surface area contributed by atoms with Gasteiger partial charge in [0, 0.05) is 41.8 Å². The van der Waals surface area contributed by atoms with Crippen LogP contribution < -0.4 is 4.74 Å². The highest BCUT2D eigenvalue weighted by Crippen LogP contribution is 2.41. The summed E-state index contributed by atoms with van der Waals surface area (Å²) >= 11 is 8.23. The Hall–Kier alpha value is -3.18. The number of halogens is 1. The maximum Gasteiger partial charge on any atom is 0.410 e. The molecule has 6 nitrogen and oxygen atoms in total. The molecule has 8 heteroatoms. The van der Waals surface area contributed by atoms with E-state index in [0.29, 0.717) is 43.2 Å². The zero-order valence-electron chi connectivity index (χ0n) is 23.1. The van der Waals surface area contributed by atoms with Gasteiger partial charge in [-0.2, -0.15) is 5.26 Å². The van der Waals surface area contributed by atoms with Crippen molar-refractivity contribution in [2.75, 3.05) is 26.2 Å². The minimum atomic E-state index is -0.525. The molecule has 0 saturated carbocycles. The number of hydrogen-bond donors (Lipinski definition) is 0. The predicted molar refractivity (Wildman–Crippen MR) is 159 cm³/mol. The van der Waals surface area contributed by atoms with Crippen molar-refractivity contribution in [2.24, 2.45) is 0 Å². The van der Waals surface area contributed by atoms with Gasteiger partial charge in [-0.15, -0.1) is 11.8 Å². The molecule has 1 aliphatic carbocycles. The van der Waals surface area contributed by atoms with E-state index < -0.39 is 5.60 Å². The van der Waals surface area contributed by atoms with E-state index in [1.165, 1.54) is 10.5 Å². The highest BCUT2D eigenvalue weighted by atomic mass is 35.5. The molecule has 2 aliphatic rings. The molecule has 3 aromatic rings. The molecule has 0 unspecified atom stereocenters. The average Bonchev–Trinajstić information content (AvgIpc) is 3.29. The van der Waals surface area contributed by atoms with Gasteiger partial charge in [-0.25, -0.2) is 4.79 Å². The Kier molecular flexibility index (Phi) is 8.60. The average molecular weight is 576 g/mol. The lowest BCUT2D eigenvalue weighted by Crippen LogP contribution is -2.54. The van der Waals surface area contributed by atoms with Crippen molar-refractivity contribution < 1.29 is 14.3 Å². The lowest BCUT2D eigenvalue weighted by molar-refractivity contribution is 0.00140. The van der Waals surface area contributed by atoms with Crippen molar-refractivity contribution in [3.8, 4) is 11.8 Å². The summed E-state index contributed by atoms with van der Waals surface area (Å²) in [4.78, 5) is 17.9. The first-order valence-electron chi connectivity index (χ1n) is 13.6. The Morgan fingerprint density at radius 3 is 2.40 bits per heavy atom. The van der Waals surface area contributed by atoms with Crippen LogP contribution in [0.4, 0.5) is 4.79 Å². The fourth-order valence-electron chi connectivity index (χ4n) is 5.29. The van der Waals surface area contributed by atoms with Crippen molar-refractivity contribution in [3.05, 3.63) is 94.0 Å². The van der Waals surface area contributed by atoms with E-state index in [1.807, 2.05) is 45.0 Å². The minimum Gasteiger partial charge on any atom is -0.484 e. The second kappa shape index (κ2) is 12.1. The standard InChI is InChI=1S/C32H34ClN3O3S/c1-32(2,3)39-31(37)36-15-13-35(14-16-36)29-19-27-23(20-34)17-24(33)18-28(27)30(29)38-25-9-11-26(12-10-25)40-21-22-7-5-4-6-8-22/h4-12,17-18,29-30H,13-16,19,21H2,1-3H3/t29-,30-/m0/s1. The highest BCUT2D eigenvalue weighted by molar-refractivity contribution is 7.98. The van der Waals surface area contributed by atoms with E-state index >= 15 is 0 Å². The van der Waals surface area contributed by atoms with Gasteiger partial charge in [-0.3, -0.25) is 4.90 Å². The number of nitrogens with zero attached hydrogens (tertiary/aromatic N) is 3. The van der Waals surface area contributed by atoms with Crippen LogP contribution in [-0.2, 0) is 16.9 Å². The van der Waals surface area contributed by atoms with E-state index in [-0.39, 0.29) is 18.2 Å². The van der Waals surface area contributed by atoms with Crippen molar-refractivity contribution in [1.82, 2.24) is 9.80 Å². The minimum absolute atomic E-state index is 0.0217. The molecule has 1 saturated heterocycles. The Balaban J connectivity index is 1.31. The van der Waals surface area contributed by atoms with Crippen LogP contribution in [0.3, 0.4) is 0 Å². The van der Waals surface area contributed by atoms with E-state index in [9.17, 15) is 10.1 Å². The Morgan fingerprint density at radius 2 is 1.75 bits per heavy atom. The third kappa shape index (κ3) is 6.75. The number of nitriles is 1. The van der Waals surface area contributed by atoms with Crippen LogP contribution in [0.15, 0.2) is 71.6 Å². The van der Waals surface area contributed by atoms with Gasteiger partial charge in [0.2, 0.25) is 0 Å². The van der Waals surface area contributed by atoms with Gasteiger partial charge in [0.05, 0.1) is 17.7 Å². The summed E-state index contributed by atoms with van der Waals surface area (Å²) in [7, 11) is 0. The summed E-state index contributed by atoms with van der Waals surface area (Å²) in [6, 6.07) is 24.6. The smallest absolute Gasteiger partial charge is 0.410 e. The quantitative estimate of drug-likeness (QED) is 0.292. The first kappa shape index (κ1) is 28.4. The normalized spacial score (nSPS) is 19.1. The van der Waals surface area contributed by atoms with E-state index in [1.54, 1.807) is 22.7 Å². The molecular formula is C32H34ClN3O3S. The van der Waals surface area contributed by atoms with Crippen LogP contribution >= 0.6 is 23.4 Å². The van der Waals surface area contributed by atoms with Crippen molar-refractivity contribution in [2.45, 2.75) is 55.6 Å². The molecular weight excluding hydrogens is 542 g/mol. The van der Waals surface area contributed by atoms with E-state index in [0.717, 1.165) is 22.6 Å². The Morgan fingerprint density at radius 1 is 1.05 bits per heavy atom. The molecule has 0 radical (unpaired) electrons. The largest absolute Gasteiger partial charge is 0.484 e. The first-order valence-corrected chi connectivity index (χ1v) is 14.9. The lowest BCUT2D eigenvalue weighted by atomic mass is 10.0. The molecule has 40 heavy (non-hydrogen) atoms. The number of fused-ring (bicyclic) bond motifs is 1. The molecule has 1 fully saturated rings. The highest BCUT2D eigenvalue weighted by Gasteiger charge is 2.41. The topological polar surface area (TPSA) is 65.8 Å². The molecule has 0 spiro atoms. The third-order valence-electron chi connectivity index (χ3n) is 7.21. The SMILES string of the molecule is CC(C)(C)OC(=O)N1CCN([C@H]2Cc3c(C#N)cc(Cl)cc3[C@@H]2Oc2ccc(SCc3ccccc3)cc2)CC1. The molecule has 1 aliphatic heterocycles. The number of piperazine rings is 1. The van der Waals surface area contributed by atoms with Crippen LogP contribution in [0.5, 0.6) is 5.75 Å². The monoisotopic (exact) mass is 575 g/mol. The second-order valence-corrected chi connectivity index (χ2v) is 12.7. The van der Waals surface area contributed by atoms with Crippen molar-refractivity contribution in [3.63, 3.8) is 0 Å². The second-order valence-electron chi connectivity index (χ2n) is 11.2. The number of hydrogen-bond acceptors (Lipinski definition) is 6. The third-order valence-corrected chi connectivity index (χ3v) is 8.51. The lowest BCUT2D eigenvalue weighted by Gasteiger charge is -2.40. The maximum absolute atomic E-state index is 12.6. The molecule has 1 heterocycles. The van der Waals surface area contributed by atoms with Crippen LogP contribution in [-0.4, -0.2) is 53.7 Å². The zero-order chi connectivity index (χ0) is 28.3. The summed E-state index contributed by atoms with van der Waals surface area (Å²) in [6.07, 6.45) is 0.132. The van der Waals surface area contributed by atoms with Crippen LogP contribution in [0.2, 0.25) is 5.02 Å². The van der Waals surface area contributed by atoms with Gasteiger partial charge >= 0.3 is 6.09 Å². The Bertz CT molecular complexity index is 1380. The molecule has 5 rings (SSSR count). The van der Waals surface area contributed by atoms with Gasteiger partial charge in [0.25, 0.3) is 0 Å². The summed E-state index contributed by atoms with van der Waals surface area (Å²) in [5.41, 5.74) is 3.31. The molecule has 2 atom stereocenters. The molecule has 1 amide bonds. The number of ether oxygens (including phenoxy) is 2. The molecule has 0 aromatic heterocycles. The first-order chi connectivity index (χ1) is 19.2. The van der Waals surface area contributed by atoms with Crippen LogP contribution in [0.1, 0.15) is 49.1 Å². The summed E-state index contributed by atoms with van der Waals surface area (Å²) < 4.78 is 12.2. The van der Waals surface area contributed by atoms with Gasteiger partial charge in [-0.05, 0) is 80.3 Å². The van der Waals surface area contributed by atoms with Gasteiger partial charge < -0.3 is 14.4 Å². The number of carbonyl (C=O) groups excluding carboxylic acids is 1. The summed E-state index contributed by atoms with van der Waals surface area (Å²) in [5.74, 6) is 1.68. The van der Waals surface area contributed by atoms with Gasteiger partial charge in [0.1, 0.15) is 17.5 Å². The number of amides is 1. The number of carbonyl (C=O) groups is 1. The van der Waals surface area contributed by atoms with Crippen molar-refractivity contribution in [1.29, 1.82) is 5.26 Å². The maximum atomic E-state index is 12.6. The zero-order valence-corrected chi connectivity index (χ0v) is 24.7.